The number of carbonyl (C=O) groups excluding carboxylic acids is 3. The average Bonchev–Trinajstić information content (AvgIpc) is 2.63. The number of carbonyl (C=O) groups is 3. The maximum Gasteiger partial charge on any atom is 0.307 e. The number of rotatable bonds is 8. The lowest BCUT2D eigenvalue weighted by atomic mass is 10.2. The van der Waals surface area contributed by atoms with E-state index in [2.05, 4.69) is 5.32 Å². The lowest BCUT2D eigenvalue weighted by molar-refractivity contribution is -0.152. The van der Waals surface area contributed by atoms with Crippen LogP contribution in [0.1, 0.15) is 23.7 Å². The zero-order valence-electron chi connectivity index (χ0n) is 14.6. The van der Waals surface area contributed by atoms with E-state index in [-0.39, 0.29) is 6.42 Å². The van der Waals surface area contributed by atoms with Gasteiger partial charge >= 0.3 is 5.97 Å². The number of thioether (sulfide) groups is 1. The van der Waals surface area contributed by atoms with Crippen LogP contribution in [-0.2, 0) is 14.3 Å². The van der Waals surface area contributed by atoms with Gasteiger partial charge in [-0.05, 0) is 55.5 Å². The highest BCUT2D eigenvalue weighted by atomic mass is 35.5. The summed E-state index contributed by atoms with van der Waals surface area (Å²) in [5.41, 5.74) is 5.98. The summed E-state index contributed by atoms with van der Waals surface area (Å²) in [6, 6.07) is 13.4. The number of amides is 2. The van der Waals surface area contributed by atoms with E-state index in [9.17, 15) is 14.4 Å². The van der Waals surface area contributed by atoms with Gasteiger partial charge in [0.1, 0.15) is 0 Å². The number of hydrogen-bond donors (Lipinski definition) is 2. The van der Waals surface area contributed by atoms with Gasteiger partial charge in [0.15, 0.2) is 6.10 Å². The fourth-order valence-electron chi connectivity index (χ4n) is 2.05. The van der Waals surface area contributed by atoms with Gasteiger partial charge in [0.2, 0.25) is 5.91 Å². The second-order valence-electron chi connectivity index (χ2n) is 5.62. The summed E-state index contributed by atoms with van der Waals surface area (Å²) in [6.07, 6.45) is -0.757. The second kappa shape index (κ2) is 9.99. The molecule has 2 aromatic carbocycles. The third kappa shape index (κ3) is 6.96. The van der Waals surface area contributed by atoms with E-state index in [1.165, 1.54) is 30.8 Å². The van der Waals surface area contributed by atoms with Gasteiger partial charge in [-0.25, -0.2) is 0 Å². The molecule has 0 radical (unpaired) electrons. The van der Waals surface area contributed by atoms with Crippen molar-refractivity contribution in [3.8, 4) is 0 Å². The predicted molar refractivity (Wildman–Crippen MR) is 106 cm³/mol. The van der Waals surface area contributed by atoms with Gasteiger partial charge < -0.3 is 15.8 Å². The van der Waals surface area contributed by atoms with Crippen LogP contribution in [0.3, 0.4) is 0 Å². The molecule has 0 unspecified atom stereocenters. The van der Waals surface area contributed by atoms with Crippen molar-refractivity contribution in [1.82, 2.24) is 0 Å². The van der Waals surface area contributed by atoms with Crippen molar-refractivity contribution in [3.05, 3.63) is 59.1 Å². The van der Waals surface area contributed by atoms with Crippen LogP contribution in [0.15, 0.2) is 53.4 Å². The molecule has 0 fully saturated rings. The Bertz CT molecular complexity index is 809. The molecule has 3 N–H and O–H groups in total. The van der Waals surface area contributed by atoms with Crippen molar-refractivity contribution in [2.75, 3.05) is 11.1 Å². The summed E-state index contributed by atoms with van der Waals surface area (Å²) in [6.45, 7) is 1.50. The standard InChI is InChI=1S/C19H19ClN2O4S/c1-12(19(25)22-15-6-2-13(3-7-15)18(21)24)26-17(23)10-11-27-16-8-4-14(20)5-9-16/h2-9,12H,10-11H2,1H3,(H2,21,24)(H,22,25)/t12-/m0/s1. The maximum absolute atomic E-state index is 12.1. The van der Waals surface area contributed by atoms with Crippen LogP contribution in [0, 0.1) is 0 Å². The van der Waals surface area contributed by atoms with E-state index in [0.717, 1.165) is 4.90 Å². The first-order valence-corrected chi connectivity index (χ1v) is 9.50. The Kier molecular flexibility index (Phi) is 7.69. The molecule has 0 bridgehead atoms. The van der Waals surface area contributed by atoms with E-state index < -0.39 is 23.9 Å². The van der Waals surface area contributed by atoms with Crippen molar-refractivity contribution in [2.24, 2.45) is 5.73 Å². The van der Waals surface area contributed by atoms with E-state index in [1.807, 2.05) is 12.1 Å². The van der Waals surface area contributed by atoms with Crippen LogP contribution in [0.5, 0.6) is 0 Å². The predicted octanol–water partition coefficient (Wildman–Crippen LogP) is 3.49. The number of halogens is 1. The summed E-state index contributed by atoms with van der Waals surface area (Å²) in [5, 5.41) is 3.27. The van der Waals surface area contributed by atoms with Crippen molar-refractivity contribution in [2.45, 2.75) is 24.3 Å². The van der Waals surface area contributed by atoms with Gasteiger partial charge in [-0.15, -0.1) is 11.8 Å². The van der Waals surface area contributed by atoms with Gasteiger partial charge in [0, 0.05) is 26.9 Å². The molecule has 2 rings (SSSR count). The van der Waals surface area contributed by atoms with E-state index in [4.69, 9.17) is 22.1 Å². The number of anilines is 1. The Hall–Kier alpha value is -2.51. The molecule has 0 spiro atoms. The molecular formula is C19H19ClN2O4S. The third-order valence-corrected chi connectivity index (χ3v) is 4.77. The Labute approximate surface area is 166 Å². The van der Waals surface area contributed by atoms with Crippen LogP contribution in [0.25, 0.3) is 0 Å². The molecule has 0 aliphatic heterocycles. The molecule has 2 aromatic rings. The third-order valence-electron chi connectivity index (χ3n) is 3.50. The number of esters is 1. The first-order valence-electron chi connectivity index (χ1n) is 8.13. The molecular weight excluding hydrogens is 388 g/mol. The van der Waals surface area contributed by atoms with Crippen LogP contribution >= 0.6 is 23.4 Å². The smallest absolute Gasteiger partial charge is 0.307 e. The monoisotopic (exact) mass is 406 g/mol. The number of primary amides is 1. The number of ether oxygens (including phenoxy) is 1. The molecule has 0 saturated heterocycles. The minimum atomic E-state index is -0.936. The van der Waals surface area contributed by atoms with Crippen LogP contribution < -0.4 is 11.1 Å². The fraction of sp³-hybridized carbons (Fsp3) is 0.211. The summed E-state index contributed by atoms with van der Waals surface area (Å²) >= 11 is 7.32. The van der Waals surface area contributed by atoms with Crippen molar-refractivity contribution in [3.63, 3.8) is 0 Å². The molecule has 0 heterocycles. The number of benzene rings is 2. The largest absolute Gasteiger partial charge is 0.453 e. The molecule has 0 aliphatic rings. The second-order valence-corrected chi connectivity index (χ2v) is 7.22. The zero-order chi connectivity index (χ0) is 19.8. The average molecular weight is 407 g/mol. The van der Waals surface area contributed by atoms with Gasteiger partial charge in [0.25, 0.3) is 5.91 Å². The highest BCUT2D eigenvalue weighted by Gasteiger charge is 2.18. The summed E-state index contributed by atoms with van der Waals surface area (Å²) in [4.78, 5) is 36.0. The van der Waals surface area contributed by atoms with Crippen LogP contribution in [-0.4, -0.2) is 29.6 Å². The molecule has 2 amide bonds. The van der Waals surface area contributed by atoms with Gasteiger partial charge in [-0.2, -0.15) is 0 Å². The Morgan fingerprint density at radius 2 is 1.74 bits per heavy atom. The van der Waals surface area contributed by atoms with Crippen LogP contribution in [0.2, 0.25) is 5.02 Å². The first-order chi connectivity index (χ1) is 12.8. The summed E-state index contributed by atoms with van der Waals surface area (Å²) < 4.78 is 5.14. The molecule has 1 atom stereocenters. The number of nitrogens with one attached hydrogen (secondary N) is 1. The van der Waals surface area contributed by atoms with Gasteiger partial charge in [-0.3, -0.25) is 14.4 Å². The highest BCUT2D eigenvalue weighted by Crippen LogP contribution is 2.21. The molecule has 0 aromatic heterocycles. The Morgan fingerprint density at radius 3 is 2.33 bits per heavy atom. The first kappa shape index (κ1) is 20.8. The Morgan fingerprint density at radius 1 is 1.11 bits per heavy atom. The fourth-order valence-corrected chi connectivity index (χ4v) is 3.01. The SMILES string of the molecule is C[C@H](OC(=O)CCSc1ccc(Cl)cc1)C(=O)Nc1ccc(C(N)=O)cc1. The maximum atomic E-state index is 12.1. The summed E-state index contributed by atoms with van der Waals surface area (Å²) in [5.74, 6) is -0.931. The van der Waals surface area contributed by atoms with E-state index in [1.54, 1.807) is 24.3 Å². The zero-order valence-corrected chi connectivity index (χ0v) is 16.2. The normalized spacial score (nSPS) is 11.5. The summed E-state index contributed by atoms with van der Waals surface area (Å²) in [7, 11) is 0. The molecule has 0 saturated carbocycles. The molecule has 142 valence electrons. The lowest BCUT2D eigenvalue weighted by Gasteiger charge is -2.13. The van der Waals surface area contributed by atoms with E-state index in [0.29, 0.717) is 22.0 Å². The highest BCUT2D eigenvalue weighted by molar-refractivity contribution is 7.99. The molecule has 8 heteroatoms. The van der Waals surface area contributed by atoms with Gasteiger partial charge in [-0.1, -0.05) is 11.6 Å². The Balaban J connectivity index is 1.75. The topological polar surface area (TPSA) is 98.5 Å². The van der Waals surface area contributed by atoms with E-state index >= 15 is 0 Å². The van der Waals surface area contributed by atoms with Gasteiger partial charge in [0.05, 0.1) is 6.42 Å². The minimum Gasteiger partial charge on any atom is -0.453 e. The quantitative estimate of drug-likeness (QED) is 0.516. The lowest BCUT2D eigenvalue weighted by Crippen LogP contribution is -2.30. The van der Waals surface area contributed by atoms with Crippen LogP contribution in [0.4, 0.5) is 5.69 Å². The number of hydrogen-bond acceptors (Lipinski definition) is 5. The number of nitrogens with two attached hydrogens (primary N) is 1. The van der Waals surface area contributed by atoms with Crippen molar-refractivity contribution in [1.29, 1.82) is 0 Å². The van der Waals surface area contributed by atoms with Crippen molar-refractivity contribution >= 4 is 46.8 Å². The molecule has 27 heavy (non-hydrogen) atoms. The van der Waals surface area contributed by atoms with Crippen molar-refractivity contribution < 1.29 is 19.1 Å². The molecule has 6 nitrogen and oxygen atoms in total. The molecule has 0 aliphatic carbocycles. The minimum absolute atomic E-state index is 0.179.